The van der Waals surface area contributed by atoms with Crippen molar-refractivity contribution in [3.8, 4) is 0 Å². The summed E-state index contributed by atoms with van der Waals surface area (Å²) < 4.78 is 0. The number of halogens is 1. The summed E-state index contributed by atoms with van der Waals surface area (Å²) in [6, 6.07) is 20.0. The largest absolute Gasteiger partial charge is 0.322 e. The zero-order valence-corrected chi connectivity index (χ0v) is 13.3. The van der Waals surface area contributed by atoms with E-state index in [0.29, 0.717) is 16.3 Å². The topological polar surface area (TPSA) is 54.9 Å². The molecule has 3 aromatic carbocycles. The van der Waals surface area contributed by atoms with E-state index in [2.05, 4.69) is 15.3 Å². The first-order valence-electron chi connectivity index (χ1n) is 7.42. The van der Waals surface area contributed by atoms with Crippen molar-refractivity contribution in [2.45, 2.75) is 0 Å². The molecule has 0 fully saturated rings. The van der Waals surface area contributed by atoms with Crippen molar-refractivity contribution in [1.82, 2.24) is 9.97 Å². The fraction of sp³-hybridized carbons (Fsp3) is 0. The highest BCUT2D eigenvalue weighted by atomic mass is 35.5. The SMILES string of the molecule is O=C(Nc1ccc2nc3ccccc3nc2c1)c1ccc(Cl)cc1. The van der Waals surface area contributed by atoms with Crippen molar-refractivity contribution < 1.29 is 4.79 Å². The molecule has 0 bridgehead atoms. The van der Waals surface area contributed by atoms with Gasteiger partial charge in [0.05, 0.1) is 22.1 Å². The molecule has 0 aliphatic heterocycles. The van der Waals surface area contributed by atoms with E-state index in [1.54, 1.807) is 24.3 Å². The molecule has 1 heterocycles. The summed E-state index contributed by atoms with van der Waals surface area (Å²) >= 11 is 5.84. The molecule has 0 aliphatic carbocycles. The molecule has 1 amide bonds. The molecule has 1 N–H and O–H groups in total. The van der Waals surface area contributed by atoms with Crippen LogP contribution >= 0.6 is 11.6 Å². The lowest BCUT2D eigenvalue weighted by Crippen LogP contribution is -2.11. The lowest BCUT2D eigenvalue weighted by atomic mass is 10.2. The van der Waals surface area contributed by atoms with Crippen LogP contribution < -0.4 is 5.32 Å². The predicted octanol–water partition coefficient (Wildman–Crippen LogP) is 4.69. The fourth-order valence-corrected chi connectivity index (χ4v) is 2.63. The number of aromatic nitrogens is 2. The van der Waals surface area contributed by atoms with Crippen LogP contribution in [0.4, 0.5) is 5.69 Å². The van der Waals surface area contributed by atoms with E-state index in [4.69, 9.17) is 11.6 Å². The molecule has 4 aromatic rings. The molecule has 4 nitrogen and oxygen atoms in total. The normalized spacial score (nSPS) is 10.9. The predicted molar refractivity (Wildman–Crippen MR) is 96.4 cm³/mol. The highest BCUT2D eigenvalue weighted by molar-refractivity contribution is 6.30. The molecule has 0 saturated carbocycles. The monoisotopic (exact) mass is 333 g/mol. The molecule has 0 aliphatic rings. The number of rotatable bonds is 2. The molecular formula is C19H12ClN3O. The Balaban J connectivity index is 1.68. The van der Waals surface area contributed by atoms with E-state index in [1.165, 1.54) is 0 Å². The Morgan fingerprint density at radius 3 is 2.12 bits per heavy atom. The highest BCUT2D eigenvalue weighted by Crippen LogP contribution is 2.20. The minimum absolute atomic E-state index is 0.195. The van der Waals surface area contributed by atoms with Gasteiger partial charge in [0.2, 0.25) is 0 Å². The Morgan fingerprint density at radius 2 is 1.42 bits per heavy atom. The van der Waals surface area contributed by atoms with Crippen LogP contribution in [-0.4, -0.2) is 15.9 Å². The van der Waals surface area contributed by atoms with Crippen LogP contribution in [0.25, 0.3) is 22.1 Å². The van der Waals surface area contributed by atoms with E-state index in [1.807, 2.05) is 42.5 Å². The number of carbonyl (C=O) groups is 1. The Kier molecular flexibility index (Phi) is 3.59. The van der Waals surface area contributed by atoms with Crippen molar-refractivity contribution in [2.75, 3.05) is 5.32 Å². The number of anilines is 1. The van der Waals surface area contributed by atoms with Crippen molar-refractivity contribution in [3.63, 3.8) is 0 Å². The minimum Gasteiger partial charge on any atom is -0.322 e. The molecule has 0 saturated heterocycles. The molecule has 116 valence electrons. The number of benzene rings is 3. The van der Waals surface area contributed by atoms with E-state index in [9.17, 15) is 4.79 Å². The summed E-state index contributed by atoms with van der Waals surface area (Å²) in [5.41, 5.74) is 4.42. The number of para-hydroxylation sites is 2. The molecular weight excluding hydrogens is 322 g/mol. The van der Waals surface area contributed by atoms with Gasteiger partial charge in [-0.15, -0.1) is 0 Å². The second-order valence-corrected chi connectivity index (χ2v) is 5.81. The standard InChI is InChI=1S/C19H12ClN3O/c20-13-7-5-12(6-8-13)19(24)21-14-9-10-17-18(11-14)23-16-4-2-1-3-15(16)22-17/h1-11H,(H,21,24). The van der Waals surface area contributed by atoms with Crippen LogP contribution in [-0.2, 0) is 0 Å². The number of fused-ring (bicyclic) bond motifs is 2. The van der Waals surface area contributed by atoms with Gasteiger partial charge >= 0.3 is 0 Å². The number of amides is 1. The first-order chi connectivity index (χ1) is 11.7. The first kappa shape index (κ1) is 14.6. The van der Waals surface area contributed by atoms with Gasteiger partial charge in [-0.05, 0) is 54.6 Å². The second-order valence-electron chi connectivity index (χ2n) is 5.38. The molecule has 1 aromatic heterocycles. The third-order valence-electron chi connectivity index (χ3n) is 3.70. The van der Waals surface area contributed by atoms with Crippen molar-refractivity contribution in [3.05, 3.63) is 77.3 Å². The maximum atomic E-state index is 12.3. The smallest absolute Gasteiger partial charge is 0.255 e. The number of hydrogen-bond acceptors (Lipinski definition) is 3. The molecule has 24 heavy (non-hydrogen) atoms. The molecule has 0 radical (unpaired) electrons. The van der Waals surface area contributed by atoms with Crippen LogP contribution in [0.1, 0.15) is 10.4 Å². The van der Waals surface area contributed by atoms with Gasteiger partial charge in [0, 0.05) is 16.3 Å². The molecule has 0 unspecified atom stereocenters. The Morgan fingerprint density at radius 1 is 0.792 bits per heavy atom. The average molecular weight is 334 g/mol. The number of nitrogens with one attached hydrogen (secondary N) is 1. The van der Waals surface area contributed by atoms with Crippen LogP contribution in [0.15, 0.2) is 66.7 Å². The van der Waals surface area contributed by atoms with E-state index in [0.717, 1.165) is 22.1 Å². The van der Waals surface area contributed by atoms with Crippen molar-refractivity contribution in [1.29, 1.82) is 0 Å². The number of carbonyl (C=O) groups excluding carboxylic acids is 1. The summed E-state index contributed by atoms with van der Waals surface area (Å²) in [6.07, 6.45) is 0. The summed E-state index contributed by atoms with van der Waals surface area (Å²) in [4.78, 5) is 21.5. The lowest BCUT2D eigenvalue weighted by Gasteiger charge is -2.07. The maximum Gasteiger partial charge on any atom is 0.255 e. The van der Waals surface area contributed by atoms with Crippen LogP contribution in [0, 0.1) is 0 Å². The third kappa shape index (κ3) is 2.79. The van der Waals surface area contributed by atoms with Gasteiger partial charge < -0.3 is 5.32 Å². The van der Waals surface area contributed by atoms with E-state index >= 15 is 0 Å². The molecule has 0 spiro atoms. The summed E-state index contributed by atoms with van der Waals surface area (Å²) in [6.45, 7) is 0. The maximum absolute atomic E-state index is 12.3. The van der Waals surface area contributed by atoms with Crippen molar-refractivity contribution >= 4 is 45.3 Å². The van der Waals surface area contributed by atoms with E-state index in [-0.39, 0.29) is 5.91 Å². The van der Waals surface area contributed by atoms with Gasteiger partial charge in [-0.3, -0.25) is 4.79 Å². The average Bonchev–Trinajstić information content (AvgIpc) is 2.60. The zero-order valence-electron chi connectivity index (χ0n) is 12.5. The van der Waals surface area contributed by atoms with Gasteiger partial charge in [-0.25, -0.2) is 9.97 Å². The van der Waals surface area contributed by atoms with Crippen molar-refractivity contribution in [2.24, 2.45) is 0 Å². The molecule has 0 atom stereocenters. The fourth-order valence-electron chi connectivity index (χ4n) is 2.50. The first-order valence-corrected chi connectivity index (χ1v) is 7.80. The second kappa shape index (κ2) is 5.91. The third-order valence-corrected chi connectivity index (χ3v) is 3.96. The van der Waals surface area contributed by atoms with Gasteiger partial charge in [-0.1, -0.05) is 23.7 Å². The van der Waals surface area contributed by atoms with Crippen LogP contribution in [0.5, 0.6) is 0 Å². The van der Waals surface area contributed by atoms with Gasteiger partial charge in [0.15, 0.2) is 0 Å². The summed E-state index contributed by atoms with van der Waals surface area (Å²) in [5, 5.41) is 3.46. The zero-order chi connectivity index (χ0) is 16.5. The minimum atomic E-state index is -0.195. The summed E-state index contributed by atoms with van der Waals surface area (Å²) in [7, 11) is 0. The van der Waals surface area contributed by atoms with Gasteiger partial charge in [0.25, 0.3) is 5.91 Å². The van der Waals surface area contributed by atoms with Gasteiger partial charge in [-0.2, -0.15) is 0 Å². The molecule has 4 rings (SSSR count). The summed E-state index contributed by atoms with van der Waals surface area (Å²) in [5.74, 6) is -0.195. The lowest BCUT2D eigenvalue weighted by molar-refractivity contribution is 0.102. The molecule has 5 heteroatoms. The van der Waals surface area contributed by atoms with Gasteiger partial charge in [0.1, 0.15) is 0 Å². The Bertz CT molecular complexity index is 1060. The Labute approximate surface area is 143 Å². The van der Waals surface area contributed by atoms with E-state index < -0.39 is 0 Å². The highest BCUT2D eigenvalue weighted by Gasteiger charge is 2.08. The number of nitrogens with zero attached hydrogens (tertiary/aromatic N) is 2. The Hall–Kier alpha value is -2.98. The van der Waals surface area contributed by atoms with Crippen LogP contribution in [0.3, 0.4) is 0 Å². The van der Waals surface area contributed by atoms with Crippen LogP contribution in [0.2, 0.25) is 5.02 Å². The number of hydrogen-bond donors (Lipinski definition) is 1. The quantitative estimate of drug-likeness (QED) is 0.541.